The van der Waals surface area contributed by atoms with Gasteiger partial charge in [0.05, 0.1) is 9.72 Å². The lowest BCUT2D eigenvalue weighted by molar-refractivity contribution is 0.211. The van der Waals surface area contributed by atoms with E-state index in [1.54, 1.807) is 6.33 Å². The molecule has 28 heavy (non-hydrogen) atoms. The van der Waals surface area contributed by atoms with E-state index in [0.29, 0.717) is 22.5 Å². The van der Waals surface area contributed by atoms with Crippen molar-refractivity contribution >= 4 is 63.8 Å². The standard InChI is InChI=1S/C18H17ClF2N4S.2ClH/c19-16-8-15-17(22-10-23-18(15)26-16)24-14-1-3-25(4-2-14)9-11-5-12(20)7-13(21)6-11;;/h5-8,10,14H,1-4,9H2,(H,22,23,24);2*1H. The zero-order chi connectivity index (χ0) is 18.1. The number of halogens is 5. The molecule has 2 aromatic heterocycles. The molecule has 3 aromatic rings. The summed E-state index contributed by atoms with van der Waals surface area (Å²) in [6, 6.07) is 5.87. The second kappa shape index (κ2) is 9.98. The minimum absolute atomic E-state index is 0. The van der Waals surface area contributed by atoms with Crippen LogP contribution in [-0.2, 0) is 6.54 Å². The number of thiophene rings is 1. The Morgan fingerprint density at radius 2 is 1.75 bits per heavy atom. The fourth-order valence-corrected chi connectivity index (χ4v) is 4.39. The number of likely N-dealkylation sites (tertiary alicyclic amines) is 1. The van der Waals surface area contributed by atoms with Crippen LogP contribution in [0.15, 0.2) is 30.6 Å². The predicted octanol–water partition coefficient (Wildman–Crippen LogP) is 5.54. The van der Waals surface area contributed by atoms with Crippen LogP contribution in [0.3, 0.4) is 0 Å². The SMILES string of the molecule is Cl.Cl.Fc1cc(F)cc(CN2CCC(Nc3ncnc4sc(Cl)cc34)CC2)c1. The molecule has 0 radical (unpaired) electrons. The Morgan fingerprint density at radius 1 is 1.07 bits per heavy atom. The highest BCUT2D eigenvalue weighted by molar-refractivity contribution is 7.22. The third-order valence-corrected chi connectivity index (χ3v) is 5.73. The average molecular weight is 468 g/mol. The molecule has 0 spiro atoms. The van der Waals surface area contributed by atoms with E-state index in [2.05, 4.69) is 20.2 Å². The molecule has 0 saturated carbocycles. The monoisotopic (exact) mass is 466 g/mol. The smallest absolute Gasteiger partial charge is 0.138 e. The van der Waals surface area contributed by atoms with Gasteiger partial charge in [0.1, 0.15) is 28.6 Å². The van der Waals surface area contributed by atoms with Crippen molar-refractivity contribution in [2.45, 2.75) is 25.4 Å². The van der Waals surface area contributed by atoms with Crippen LogP contribution >= 0.6 is 47.8 Å². The fourth-order valence-electron chi connectivity index (χ4n) is 3.33. The van der Waals surface area contributed by atoms with E-state index in [4.69, 9.17) is 11.6 Å². The molecule has 0 bridgehead atoms. The molecule has 1 aromatic carbocycles. The third-order valence-electron chi connectivity index (χ3n) is 4.56. The summed E-state index contributed by atoms with van der Waals surface area (Å²) in [4.78, 5) is 11.7. The number of piperidine rings is 1. The Kier molecular flexibility index (Phi) is 8.21. The second-order valence-electron chi connectivity index (χ2n) is 6.46. The normalized spacial score (nSPS) is 15.1. The summed E-state index contributed by atoms with van der Waals surface area (Å²) in [5.74, 6) is -0.249. The second-order valence-corrected chi connectivity index (χ2v) is 8.13. The van der Waals surface area contributed by atoms with Crippen LogP contribution in [0.5, 0.6) is 0 Å². The predicted molar refractivity (Wildman–Crippen MR) is 115 cm³/mol. The molecule has 0 amide bonds. The molecule has 4 rings (SSSR count). The number of hydrogen-bond donors (Lipinski definition) is 1. The Morgan fingerprint density at radius 3 is 2.43 bits per heavy atom. The summed E-state index contributed by atoms with van der Waals surface area (Å²) in [5, 5.41) is 4.43. The molecule has 1 saturated heterocycles. The van der Waals surface area contributed by atoms with Crippen LogP contribution in [0.4, 0.5) is 14.6 Å². The molecular formula is C18H19Cl3F2N4S. The van der Waals surface area contributed by atoms with Crippen LogP contribution in [-0.4, -0.2) is 34.0 Å². The van der Waals surface area contributed by atoms with Gasteiger partial charge in [0.25, 0.3) is 0 Å². The van der Waals surface area contributed by atoms with Gasteiger partial charge in [-0.25, -0.2) is 18.7 Å². The average Bonchev–Trinajstić information content (AvgIpc) is 2.97. The maximum atomic E-state index is 13.3. The van der Waals surface area contributed by atoms with Gasteiger partial charge in [0.15, 0.2) is 0 Å². The fraction of sp³-hybridized carbons (Fsp3) is 0.333. The van der Waals surface area contributed by atoms with E-state index in [1.807, 2.05) is 6.07 Å². The Bertz CT molecular complexity index is 912. The van der Waals surface area contributed by atoms with Gasteiger partial charge in [-0.2, -0.15) is 0 Å². The molecule has 1 N–H and O–H groups in total. The Labute approximate surface area is 183 Å². The van der Waals surface area contributed by atoms with Crippen molar-refractivity contribution in [1.82, 2.24) is 14.9 Å². The Balaban J connectivity index is 0.00000140. The van der Waals surface area contributed by atoms with Crippen LogP contribution in [0.1, 0.15) is 18.4 Å². The number of benzene rings is 1. The van der Waals surface area contributed by atoms with Gasteiger partial charge in [0, 0.05) is 31.7 Å². The summed E-state index contributed by atoms with van der Waals surface area (Å²) in [6.07, 6.45) is 3.41. The van der Waals surface area contributed by atoms with Gasteiger partial charge >= 0.3 is 0 Å². The number of nitrogens with zero attached hydrogens (tertiary/aromatic N) is 3. The van der Waals surface area contributed by atoms with Gasteiger partial charge in [0.2, 0.25) is 0 Å². The number of aromatic nitrogens is 2. The van der Waals surface area contributed by atoms with Crippen LogP contribution < -0.4 is 5.32 Å². The largest absolute Gasteiger partial charge is 0.367 e. The molecule has 1 aliphatic rings. The Hall–Kier alpha value is -1.25. The van der Waals surface area contributed by atoms with Crippen LogP contribution in [0.2, 0.25) is 4.34 Å². The van der Waals surface area contributed by atoms with E-state index >= 15 is 0 Å². The minimum Gasteiger partial charge on any atom is -0.367 e. The lowest BCUT2D eigenvalue weighted by Gasteiger charge is -2.32. The highest BCUT2D eigenvalue weighted by Gasteiger charge is 2.21. The number of nitrogens with one attached hydrogen (secondary N) is 1. The van der Waals surface area contributed by atoms with Crippen LogP contribution in [0, 0.1) is 11.6 Å². The lowest BCUT2D eigenvalue weighted by Crippen LogP contribution is -2.38. The number of fused-ring (bicyclic) bond motifs is 1. The highest BCUT2D eigenvalue weighted by Crippen LogP contribution is 2.32. The molecule has 152 valence electrons. The molecule has 0 aliphatic carbocycles. The summed E-state index contributed by atoms with van der Waals surface area (Å²) < 4.78 is 27.3. The summed E-state index contributed by atoms with van der Waals surface area (Å²) in [7, 11) is 0. The van der Waals surface area contributed by atoms with Crippen molar-refractivity contribution < 1.29 is 8.78 Å². The number of rotatable bonds is 4. The number of anilines is 1. The lowest BCUT2D eigenvalue weighted by atomic mass is 10.0. The van der Waals surface area contributed by atoms with Gasteiger partial charge in [-0.3, -0.25) is 4.90 Å². The van der Waals surface area contributed by atoms with Gasteiger partial charge in [-0.15, -0.1) is 36.2 Å². The molecule has 10 heteroatoms. The van der Waals surface area contributed by atoms with E-state index in [0.717, 1.165) is 48.0 Å². The van der Waals surface area contributed by atoms with E-state index in [-0.39, 0.29) is 24.8 Å². The molecule has 1 aliphatic heterocycles. The van der Waals surface area contributed by atoms with Crippen molar-refractivity contribution in [1.29, 1.82) is 0 Å². The first kappa shape index (κ1) is 23.0. The molecule has 0 unspecified atom stereocenters. The molecule has 4 nitrogen and oxygen atoms in total. The summed E-state index contributed by atoms with van der Waals surface area (Å²) in [5.41, 5.74) is 0.666. The van der Waals surface area contributed by atoms with Gasteiger partial charge in [-0.1, -0.05) is 11.6 Å². The van der Waals surface area contributed by atoms with Crippen molar-refractivity contribution in [2.24, 2.45) is 0 Å². The highest BCUT2D eigenvalue weighted by atomic mass is 35.5. The van der Waals surface area contributed by atoms with Gasteiger partial charge < -0.3 is 5.32 Å². The summed E-state index contributed by atoms with van der Waals surface area (Å²) >= 11 is 7.52. The third kappa shape index (κ3) is 5.42. The van der Waals surface area contributed by atoms with Crippen molar-refractivity contribution in [3.63, 3.8) is 0 Å². The maximum absolute atomic E-state index is 13.3. The molecule has 3 heterocycles. The quantitative estimate of drug-likeness (QED) is 0.547. The van der Waals surface area contributed by atoms with Gasteiger partial charge in [-0.05, 0) is 36.6 Å². The molecule has 1 fully saturated rings. The van der Waals surface area contributed by atoms with Crippen molar-refractivity contribution in [2.75, 3.05) is 18.4 Å². The van der Waals surface area contributed by atoms with E-state index in [1.165, 1.54) is 23.5 Å². The van der Waals surface area contributed by atoms with Crippen molar-refractivity contribution in [3.8, 4) is 0 Å². The minimum atomic E-state index is -0.529. The first-order valence-electron chi connectivity index (χ1n) is 8.41. The topological polar surface area (TPSA) is 41.0 Å². The van der Waals surface area contributed by atoms with Crippen LogP contribution in [0.25, 0.3) is 10.2 Å². The molecule has 0 atom stereocenters. The van der Waals surface area contributed by atoms with E-state index < -0.39 is 11.6 Å². The summed E-state index contributed by atoms with van der Waals surface area (Å²) in [6.45, 7) is 2.27. The first-order valence-corrected chi connectivity index (χ1v) is 9.60. The van der Waals surface area contributed by atoms with E-state index in [9.17, 15) is 8.78 Å². The first-order chi connectivity index (χ1) is 12.6. The number of hydrogen-bond acceptors (Lipinski definition) is 5. The maximum Gasteiger partial charge on any atom is 0.138 e. The zero-order valence-electron chi connectivity index (χ0n) is 14.7. The van der Waals surface area contributed by atoms with Crippen molar-refractivity contribution in [3.05, 3.63) is 52.1 Å². The molecular weight excluding hydrogens is 449 g/mol. The zero-order valence-corrected chi connectivity index (χ0v) is 17.9.